The molecule has 0 spiro atoms. The number of esters is 1. The number of carbonyl (C=O) groups is 1. The summed E-state index contributed by atoms with van der Waals surface area (Å²) in [6, 6.07) is 0. The van der Waals surface area contributed by atoms with Gasteiger partial charge in [0.25, 0.3) is 5.56 Å². The number of nitrogens with zero attached hydrogens (tertiary/aromatic N) is 1. The number of aromatic nitrogens is 2. The smallest absolute Gasteiger partial charge is 0.316 e. The summed E-state index contributed by atoms with van der Waals surface area (Å²) in [7, 11) is 0. The van der Waals surface area contributed by atoms with Gasteiger partial charge in [-0.1, -0.05) is 19.3 Å². The van der Waals surface area contributed by atoms with Gasteiger partial charge >= 0.3 is 5.97 Å². The van der Waals surface area contributed by atoms with E-state index < -0.39 is 5.41 Å². The minimum atomic E-state index is -0.803. The fourth-order valence-corrected chi connectivity index (χ4v) is 2.83. The molecule has 1 saturated carbocycles. The van der Waals surface area contributed by atoms with E-state index in [9.17, 15) is 9.59 Å². The van der Waals surface area contributed by atoms with Crippen molar-refractivity contribution in [3.05, 3.63) is 27.9 Å². The second-order valence-corrected chi connectivity index (χ2v) is 5.07. The van der Waals surface area contributed by atoms with E-state index >= 15 is 0 Å². The highest BCUT2D eigenvalue weighted by molar-refractivity contribution is 5.83. The molecule has 19 heavy (non-hydrogen) atoms. The predicted molar refractivity (Wildman–Crippen MR) is 71.0 cm³/mol. The molecular formula is C14H20N2O3. The number of hydrogen-bond donors (Lipinski definition) is 1. The number of hydrogen-bond acceptors (Lipinski definition) is 4. The molecule has 0 radical (unpaired) electrons. The average Bonchev–Trinajstić information content (AvgIpc) is 2.39. The number of rotatable bonds is 3. The molecule has 104 valence electrons. The van der Waals surface area contributed by atoms with Crippen molar-refractivity contribution >= 4 is 5.97 Å². The van der Waals surface area contributed by atoms with Crippen molar-refractivity contribution in [3.63, 3.8) is 0 Å². The number of H-pyrrole nitrogens is 1. The second kappa shape index (κ2) is 5.55. The van der Waals surface area contributed by atoms with E-state index in [0.29, 0.717) is 30.8 Å². The fraction of sp³-hybridized carbons (Fsp3) is 0.643. The van der Waals surface area contributed by atoms with Crippen molar-refractivity contribution in [2.45, 2.75) is 51.4 Å². The Kier molecular flexibility index (Phi) is 4.02. The molecule has 1 heterocycles. The maximum absolute atomic E-state index is 12.4. The maximum Gasteiger partial charge on any atom is 0.316 e. The van der Waals surface area contributed by atoms with E-state index in [-0.39, 0.29) is 11.5 Å². The fourth-order valence-electron chi connectivity index (χ4n) is 2.83. The van der Waals surface area contributed by atoms with Crippen molar-refractivity contribution < 1.29 is 9.53 Å². The van der Waals surface area contributed by atoms with Gasteiger partial charge in [-0.2, -0.15) is 0 Å². The van der Waals surface area contributed by atoms with Gasteiger partial charge in [0.1, 0.15) is 5.82 Å². The number of carbonyl (C=O) groups excluding carboxylic acids is 1. The second-order valence-electron chi connectivity index (χ2n) is 5.07. The first-order valence-corrected chi connectivity index (χ1v) is 6.84. The van der Waals surface area contributed by atoms with Gasteiger partial charge in [-0.25, -0.2) is 4.98 Å². The number of aryl methyl sites for hydroxylation is 1. The third-order valence-electron chi connectivity index (χ3n) is 3.82. The van der Waals surface area contributed by atoms with Crippen LogP contribution >= 0.6 is 0 Å². The zero-order chi connectivity index (χ0) is 13.9. The predicted octanol–water partition coefficient (Wildman–Crippen LogP) is 1.84. The lowest BCUT2D eigenvalue weighted by Gasteiger charge is -2.34. The number of ether oxygens (including phenoxy) is 1. The molecule has 0 aromatic carbocycles. The van der Waals surface area contributed by atoms with Crippen molar-refractivity contribution in [2.75, 3.05) is 6.61 Å². The SMILES string of the molecule is CCOC(=O)C1(c2cnc(C)[nH]c2=O)CCCCC1. The molecule has 5 nitrogen and oxygen atoms in total. The van der Waals surface area contributed by atoms with Crippen LogP contribution in [0.3, 0.4) is 0 Å². The summed E-state index contributed by atoms with van der Waals surface area (Å²) in [5, 5.41) is 0. The first-order chi connectivity index (χ1) is 9.10. The van der Waals surface area contributed by atoms with Crippen molar-refractivity contribution in [2.24, 2.45) is 0 Å². The third kappa shape index (κ3) is 2.55. The van der Waals surface area contributed by atoms with Crippen LogP contribution in [0.15, 0.2) is 11.0 Å². The Bertz CT molecular complexity index is 516. The molecule has 1 aromatic rings. The molecule has 0 bridgehead atoms. The Hall–Kier alpha value is -1.65. The highest BCUT2D eigenvalue weighted by atomic mass is 16.5. The minimum absolute atomic E-state index is 0.220. The molecule has 1 aromatic heterocycles. The molecule has 0 atom stereocenters. The lowest BCUT2D eigenvalue weighted by molar-refractivity contribution is -0.151. The molecule has 1 fully saturated rings. The van der Waals surface area contributed by atoms with Crippen LogP contribution in [0.1, 0.15) is 50.4 Å². The molecule has 1 aliphatic rings. The standard InChI is InChI=1S/C14H20N2O3/c1-3-19-13(18)14(7-5-4-6-8-14)11-9-15-10(2)16-12(11)17/h9H,3-8H2,1-2H3,(H,15,16,17). The van der Waals surface area contributed by atoms with Gasteiger partial charge in [-0.3, -0.25) is 9.59 Å². The van der Waals surface area contributed by atoms with Crippen molar-refractivity contribution in [3.8, 4) is 0 Å². The summed E-state index contributed by atoms with van der Waals surface area (Å²) in [6.45, 7) is 3.84. The van der Waals surface area contributed by atoms with Gasteiger partial charge in [0.15, 0.2) is 0 Å². The van der Waals surface area contributed by atoms with Crippen LogP contribution < -0.4 is 5.56 Å². The molecule has 0 aliphatic heterocycles. The summed E-state index contributed by atoms with van der Waals surface area (Å²) < 4.78 is 5.20. The normalized spacial score (nSPS) is 18.0. The van der Waals surface area contributed by atoms with Gasteiger partial charge in [0.2, 0.25) is 0 Å². The third-order valence-corrected chi connectivity index (χ3v) is 3.82. The average molecular weight is 264 g/mol. The summed E-state index contributed by atoms with van der Waals surface area (Å²) >= 11 is 0. The molecule has 0 unspecified atom stereocenters. The van der Waals surface area contributed by atoms with Crippen LogP contribution in [0.2, 0.25) is 0 Å². The van der Waals surface area contributed by atoms with Crippen LogP contribution in [0.4, 0.5) is 0 Å². The molecule has 1 N–H and O–H groups in total. The maximum atomic E-state index is 12.4. The molecule has 5 heteroatoms. The Morgan fingerprint density at radius 3 is 2.68 bits per heavy atom. The number of aromatic amines is 1. The number of nitrogens with one attached hydrogen (secondary N) is 1. The summed E-state index contributed by atoms with van der Waals surface area (Å²) in [5.74, 6) is 0.273. The van der Waals surface area contributed by atoms with Gasteiger partial charge in [-0.15, -0.1) is 0 Å². The quantitative estimate of drug-likeness (QED) is 0.846. The highest BCUT2D eigenvalue weighted by Gasteiger charge is 2.44. The van der Waals surface area contributed by atoms with E-state index in [1.165, 1.54) is 6.20 Å². The summed E-state index contributed by atoms with van der Waals surface area (Å²) in [4.78, 5) is 31.3. The van der Waals surface area contributed by atoms with E-state index in [2.05, 4.69) is 9.97 Å². The van der Waals surface area contributed by atoms with Gasteiger partial charge in [-0.05, 0) is 26.7 Å². The Morgan fingerprint density at radius 1 is 1.42 bits per heavy atom. The molecular weight excluding hydrogens is 244 g/mol. The van der Waals surface area contributed by atoms with Crippen molar-refractivity contribution in [1.29, 1.82) is 0 Å². The molecule has 1 aliphatic carbocycles. The van der Waals surface area contributed by atoms with Gasteiger partial charge in [0.05, 0.1) is 17.6 Å². The van der Waals surface area contributed by atoms with Crippen LogP contribution in [-0.4, -0.2) is 22.5 Å². The van der Waals surface area contributed by atoms with Gasteiger partial charge < -0.3 is 9.72 Å². The van der Waals surface area contributed by atoms with Crippen LogP contribution in [0, 0.1) is 6.92 Å². The van der Waals surface area contributed by atoms with Crippen LogP contribution in [0.5, 0.6) is 0 Å². The molecule has 0 saturated heterocycles. The topological polar surface area (TPSA) is 72.0 Å². The van der Waals surface area contributed by atoms with Gasteiger partial charge in [0, 0.05) is 6.20 Å². The largest absolute Gasteiger partial charge is 0.465 e. The highest BCUT2D eigenvalue weighted by Crippen LogP contribution is 2.38. The molecule has 0 amide bonds. The summed E-state index contributed by atoms with van der Waals surface area (Å²) in [5.41, 5.74) is -0.568. The van der Waals surface area contributed by atoms with E-state index in [4.69, 9.17) is 4.74 Å². The molecule has 2 rings (SSSR count). The Morgan fingerprint density at radius 2 is 2.11 bits per heavy atom. The van der Waals surface area contributed by atoms with E-state index in [1.807, 2.05) is 0 Å². The van der Waals surface area contributed by atoms with Crippen LogP contribution in [0.25, 0.3) is 0 Å². The minimum Gasteiger partial charge on any atom is -0.465 e. The van der Waals surface area contributed by atoms with Crippen molar-refractivity contribution in [1.82, 2.24) is 9.97 Å². The van der Waals surface area contributed by atoms with E-state index in [1.54, 1.807) is 13.8 Å². The first kappa shape index (κ1) is 13.8. The van der Waals surface area contributed by atoms with Crippen LogP contribution in [-0.2, 0) is 14.9 Å². The zero-order valence-corrected chi connectivity index (χ0v) is 11.5. The Labute approximate surface area is 112 Å². The lowest BCUT2D eigenvalue weighted by atomic mass is 9.70. The lowest BCUT2D eigenvalue weighted by Crippen LogP contribution is -2.43. The monoisotopic (exact) mass is 264 g/mol. The van der Waals surface area contributed by atoms with E-state index in [0.717, 1.165) is 19.3 Å². The zero-order valence-electron chi connectivity index (χ0n) is 11.5. The first-order valence-electron chi connectivity index (χ1n) is 6.84. The summed E-state index contributed by atoms with van der Waals surface area (Å²) in [6.07, 6.45) is 5.84. The Balaban J connectivity index is 2.47.